The zero-order valence-corrected chi connectivity index (χ0v) is 38.0. The van der Waals surface area contributed by atoms with E-state index in [1.165, 1.54) is 67.8 Å². The van der Waals surface area contributed by atoms with Crippen LogP contribution in [0.25, 0.3) is 11.1 Å². The Bertz CT molecular complexity index is 3260. The Labute approximate surface area is 393 Å². The summed E-state index contributed by atoms with van der Waals surface area (Å²) >= 11 is 0. The van der Waals surface area contributed by atoms with Crippen LogP contribution in [-0.4, -0.2) is 36.3 Å². The molecule has 8 rings (SSSR count). The van der Waals surface area contributed by atoms with Crippen LogP contribution in [0.1, 0.15) is 16.7 Å². The molecule has 0 bridgehead atoms. The van der Waals surface area contributed by atoms with Gasteiger partial charge in [-0.2, -0.15) is 26.3 Å². The molecule has 69 heavy (non-hydrogen) atoms. The highest BCUT2D eigenvalue weighted by atomic mass is 32.2. The largest absolute Gasteiger partial charge is 0.497 e. The summed E-state index contributed by atoms with van der Waals surface area (Å²) in [5.41, 5.74) is -3.75. The van der Waals surface area contributed by atoms with Crippen molar-refractivity contribution in [3.8, 4) is 51.4 Å². The van der Waals surface area contributed by atoms with Gasteiger partial charge in [-0.25, -0.2) is 16.8 Å². The van der Waals surface area contributed by atoms with E-state index < -0.39 is 48.6 Å². The van der Waals surface area contributed by atoms with E-state index in [2.05, 4.69) is 0 Å². The van der Waals surface area contributed by atoms with E-state index in [0.717, 1.165) is 53.1 Å². The minimum atomic E-state index is -5.78. The van der Waals surface area contributed by atoms with Gasteiger partial charge in [0.1, 0.15) is 40.2 Å². The highest BCUT2D eigenvalue weighted by molar-refractivity contribution is 7.91. The standard InChI is InChI=1S/C53H38F6O8S2/c1-35-3-27-47(28-4-35)68(60,61)48-29-21-44(22-30-48)65-41-13-5-36(6-14-41)37-7-15-42(16-8-37)66-45-23-31-49(32-24-45)69(62,63)50-33-25-46(26-34-50)67-43-19-11-39(12-20-43)51(52(54,55)56,53(57,58)59)38-9-17-40(64-2)18-10-38/h3-34H,1-2H3. The van der Waals surface area contributed by atoms with Crippen molar-refractivity contribution in [2.45, 2.75) is 44.3 Å². The number of sulfone groups is 2. The van der Waals surface area contributed by atoms with Crippen LogP contribution in [-0.2, 0) is 25.1 Å². The number of alkyl halides is 6. The third-order valence-electron chi connectivity index (χ3n) is 11.1. The Hall–Kier alpha value is -7.56. The Balaban J connectivity index is 0.872. The maximum absolute atomic E-state index is 14.6. The van der Waals surface area contributed by atoms with Gasteiger partial charge in [-0.3, -0.25) is 0 Å². The molecular formula is C53H38F6O8S2. The fourth-order valence-corrected chi connectivity index (χ4v) is 10.0. The molecule has 0 heterocycles. The van der Waals surface area contributed by atoms with Crippen LogP contribution in [0.5, 0.6) is 40.2 Å². The maximum Gasteiger partial charge on any atom is 0.411 e. The second-order valence-corrected chi connectivity index (χ2v) is 19.5. The minimum Gasteiger partial charge on any atom is -0.497 e. The topological polar surface area (TPSA) is 105 Å². The molecule has 8 aromatic carbocycles. The molecule has 16 heteroatoms. The summed E-state index contributed by atoms with van der Waals surface area (Å²) in [6.07, 6.45) is -11.6. The Morgan fingerprint density at radius 2 is 0.565 bits per heavy atom. The van der Waals surface area contributed by atoms with Crippen molar-refractivity contribution in [2.24, 2.45) is 0 Å². The highest BCUT2D eigenvalue weighted by Crippen LogP contribution is 2.56. The normalized spacial score (nSPS) is 12.3. The number of hydrogen-bond donors (Lipinski definition) is 0. The van der Waals surface area contributed by atoms with E-state index in [9.17, 15) is 43.2 Å². The number of aryl methyl sites for hydroxylation is 1. The number of halogens is 6. The Kier molecular flexibility index (Phi) is 13.1. The molecule has 0 saturated heterocycles. The van der Waals surface area contributed by atoms with Gasteiger partial charge in [0.25, 0.3) is 0 Å². The fourth-order valence-electron chi connectivity index (χ4n) is 7.49. The second kappa shape index (κ2) is 18.8. The number of benzene rings is 8. The van der Waals surface area contributed by atoms with E-state index in [-0.39, 0.29) is 36.8 Å². The van der Waals surface area contributed by atoms with Crippen LogP contribution in [0.4, 0.5) is 26.3 Å². The Morgan fingerprint density at radius 1 is 0.333 bits per heavy atom. The van der Waals surface area contributed by atoms with Gasteiger partial charge in [0.05, 0.1) is 26.7 Å². The molecule has 0 fully saturated rings. The molecular weight excluding hydrogens is 943 g/mol. The van der Waals surface area contributed by atoms with Crippen molar-refractivity contribution in [2.75, 3.05) is 7.11 Å². The van der Waals surface area contributed by atoms with Crippen LogP contribution < -0.4 is 18.9 Å². The van der Waals surface area contributed by atoms with Crippen molar-refractivity contribution in [1.29, 1.82) is 0 Å². The van der Waals surface area contributed by atoms with Crippen molar-refractivity contribution >= 4 is 19.7 Å². The summed E-state index contributed by atoms with van der Waals surface area (Å²) in [5.74, 6) is 1.94. The molecule has 352 valence electrons. The summed E-state index contributed by atoms with van der Waals surface area (Å²) in [4.78, 5) is 0.225. The zero-order chi connectivity index (χ0) is 49.2. The van der Waals surface area contributed by atoms with Crippen molar-refractivity contribution in [3.63, 3.8) is 0 Å². The lowest BCUT2D eigenvalue weighted by molar-refractivity contribution is -0.288. The summed E-state index contributed by atoms with van der Waals surface area (Å²) < 4.78 is 163. The minimum absolute atomic E-state index is 0.0420. The average Bonchev–Trinajstić information content (AvgIpc) is 3.33. The molecule has 0 aromatic heterocycles. The smallest absolute Gasteiger partial charge is 0.411 e. The lowest BCUT2D eigenvalue weighted by Gasteiger charge is -2.38. The van der Waals surface area contributed by atoms with Gasteiger partial charge in [-0.15, -0.1) is 0 Å². The molecule has 0 saturated carbocycles. The third kappa shape index (κ3) is 9.89. The summed E-state index contributed by atoms with van der Waals surface area (Å²) in [5, 5.41) is 0. The molecule has 0 radical (unpaired) electrons. The van der Waals surface area contributed by atoms with Gasteiger partial charge in [0.2, 0.25) is 25.1 Å². The number of ether oxygens (including phenoxy) is 4. The lowest BCUT2D eigenvalue weighted by Crippen LogP contribution is -2.54. The van der Waals surface area contributed by atoms with Gasteiger partial charge in [0, 0.05) is 0 Å². The first-order valence-electron chi connectivity index (χ1n) is 20.8. The number of rotatable bonds is 14. The van der Waals surface area contributed by atoms with Crippen LogP contribution >= 0.6 is 0 Å². The quantitative estimate of drug-likeness (QED) is 0.0992. The van der Waals surface area contributed by atoms with Crippen LogP contribution in [0.2, 0.25) is 0 Å². The average molecular weight is 981 g/mol. The monoisotopic (exact) mass is 980 g/mol. The summed E-state index contributed by atoms with van der Waals surface area (Å²) in [6.45, 7) is 1.89. The second-order valence-electron chi connectivity index (χ2n) is 15.6. The van der Waals surface area contributed by atoms with Crippen LogP contribution in [0.15, 0.2) is 214 Å². The predicted molar refractivity (Wildman–Crippen MR) is 246 cm³/mol. The number of hydrogen-bond acceptors (Lipinski definition) is 8. The van der Waals surface area contributed by atoms with Crippen LogP contribution in [0, 0.1) is 6.92 Å². The first-order chi connectivity index (χ1) is 32.8. The molecule has 0 spiro atoms. The molecule has 0 N–H and O–H groups in total. The first-order valence-corrected chi connectivity index (χ1v) is 23.7. The molecule has 0 aliphatic carbocycles. The summed E-state index contributed by atoms with van der Waals surface area (Å²) in [6, 6.07) is 45.1. The number of methoxy groups -OCH3 is 1. The Morgan fingerprint density at radius 3 is 0.826 bits per heavy atom. The highest BCUT2D eigenvalue weighted by Gasteiger charge is 2.72. The zero-order valence-electron chi connectivity index (χ0n) is 36.3. The van der Waals surface area contributed by atoms with Gasteiger partial charge in [-0.1, -0.05) is 66.2 Å². The van der Waals surface area contributed by atoms with E-state index in [1.807, 2.05) is 31.2 Å². The van der Waals surface area contributed by atoms with E-state index in [0.29, 0.717) is 35.1 Å². The van der Waals surface area contributed by atoms with Crippen molar-refractivity contribution in [1.82, 2.24) is 0 Å². The van der Waals surface area contributed by atoms with E-state index in [4.69, 9.17) is 18.9 Å². The van der Waals surface area contributed by atoms with Gasteiger partial charge < -0.3 is 18.9 Å². The molecule has 0 atom stereocenters. The molecule has 0 aliphatic heterocycles. The van der Waals surface area contributed by atoms with Gasteiger partial charge in [0.15, 0.2) is 0 Å². The SMILES string of the molecule is COc1ccc(C(c2ccc(Oc3ccc(S(=O)(=O)c4ccc(Oc5ccc(-c6ccc(Oc7ccc(S(=O)(=O)c8ccc(C)cc8)cc7)cc6)cc5)cc4)cc3)cc2)(C(F)(F)F)C(F)(F)F)cc1. The molecule has 0 aliphatic rings. The predicted octanol–water partition coefficient (Wildman–Crippen LogP) is 14.1. The molecule has 0 amide bonds. The van der Waals surface area contributed by atoms with Crippen LogP contribution in [0.3, 0.4) is 0 Å². The van der Waals surface area contributed by atoms with Crippen molar-refractivity contribution in [3.05, 3.63) is 211 Å². The van der Waals surface area contributed by atoms with E-state index >= 15 is 0 Å². The van der Waals surface area contributed by atoms with Gasteiger partial charge in [-0.05, 0) is 163 Å². The van der Waals surface area contributed by atoms with Gasteiger partial charge >= 0.3 is 12.4 Å². The molecule has 8 nitrogen and oxygen atoms in total. The third-order valence-corrected chi connectivity index (χ3v) is 14.7. The summed E-state index contributed by atoms with van der Waals surface area (Å²) in [7, 11) is -6.47. The van der Waals surface area contributed by atoms with Crippen molar-refractivity contribution < 1.29 is 62.1 Å². The maximum atomic E-state index is 14.6. The molecule has 8 aromatic rings. The molecule has 0 unspecified atom stereocenters. The first kappa shape index (κ1) is 47.9. The van der Waals surface area contributed by atoms with E-state index in [1.54, 1.807) is 60.7 Å². The lowest BCUT2D eigenvalue weighted by atomic mass is 9.73. The fraction of sp³-hybridized carbons (Fsp3) is 0.0943.